The standard InChI is InChI=1S/C22H14ClN3/c23-16-12-10-15-11-13-19(24-20(15)14-16)22-25-18-8-4-5-9-21(18)26(22)17-6-2-1-3-7-17/h1-14H. The van der Waals surface area contributed by atoms with Crippen LogP contribution in [0.2, 0.25) is 5.02 Å². The van der Waals surface area contributed by atoms with E-state index < -0.39 is 0 Å². The molecule has 0 amide bonds. The Morgan fingerprint density at radius 2 is 1.46 bits per heavy atom. The molecule has 5 rings (SSSR count). The van der Waals surface area contributed by atoms with Gasteiger partial charge in [0.2, 0.25) is 0 Å². The van der Waals surface area contributed by atoms with E-state index >= 15 is 0 Å². The average molecular weight is 356 g/mol. The summed E-state index contributed by atoms with van der Waals surface area (Å²) in [5.41, 5.74) is 4.74. The van der Waals surface area contributed by atoms with Crippen molar-refractivity contribution >= 4 is 33.5 Å². The third-order valence-corrected chi connectivity index (χ3v) is 4.69. The third kappa shape index (κ3) is 2.45. The fraction of sp³-hybridized carbons (Fsp3) is 0. The molecule has 0 fully saturated rings. The number of imidazole rings is 1. The number of hydrogen-bond acceptors (Lipinski definition) is 2. The lowest BCUT2D eigenvalue weighted by Gasteiger charge is -2.09. The zero-order valence-corrected chi connectivity index (χ0v) is 14.6. The summed E-state index contributed by atoms with van der Waals surface area (Å²) in [6.07, 6.45) is 0. The smallest absolute Gasteiger partial charge is 0.164 e. The highest BCUT2D eigenvalue weighted by Crippen LogP contribution is 2.29. The number of hydrogen-bond donors (Lipinski definition) is 0. The minimum absolute atomic E-state index is 0.679. The van der Waals surface area contributed by atoms with E-state index in [2.05, 4.69) is 28.8 Å². The summed E-state index contributed by atoms with van der Waals surface area (Å²) in [5.74, 6) is 0.819. The molecule has 0 aliphatic rings. The summed E-state index contributed by atoms with van der Waals surface area (Å²) in [7, 11) is 0. The maximum atomic E-state index is 6.15. The predicted molar refractivity (Wildman–Crippen MR) is 107 cm³/mol. The Labute approximate surface area is 155 Å². The maximum absolute atomic E-state index is 6.15. The largest absolute Gasteiger partial charge is 0.291 e. The van der Waals surface area contributed by atoms with Crippen molar-refractivity contribution in [3.63, 3.8) is 0 Å². The molecule has 124 valence electrons. The van der Waals surface area contributed by atoms with Crippen molar-refractivity contribution in [3.05, 3.63) is 90.0 Å². The van der Waals surface area contributed by atoms with Gasteiger partial charge in [0.1, 0.15) is 5.69 Å². The normalized spacial score (nSPS) is 11.3. The van der Waals surface area contributed by atoms with E-state index in [9.17, 15) is 0 Å². The Kier molecular flexibility index (Phi) is 3.47. The van der Waals surface area contributed by atoms with Crippen molar-refractivity contribution in [1.82, 2.24) is 14.5 Å². The molecule has 0 unspecified atom stereocenters. The molecule has 2 aromatic heterocycles. The molecule has 0 bridgehead atoms. The van der Waals surface area contributed by atoms with Gasteiger partial charge in [-0.2, -0.15) is 0 Å². The quantitative estimate of drug-likeness (QED) is 0.395. The molecule has 0 spiro atoms. The second kappa shape index (κ2) is 5.97. The zero-order valence-electron chi connectivity index (χ0n) is 13.8. The van der Waals surface area contributed by atoms with Gasteiger partial charge in [0.25, 0.3) is 0 Å². The van der Waals surface area contributed by atoms with Crippen LogP contribution in [0.1, 0.15) is 0 Å². The topological polar surface area (TPSA) is 30.7 Å². The van der Waals surface area contributed by atoms with Crippen LogP contribution in [0.3, 0.4) is 0 Å². The Morgan fingerprint density at radius 1 is 0.692 bits per heavy atom. The second-order valence-electron chi connectivity index (χ2n) is 6.13. The summed E-state index contributed by atoms with van der Waals surface area (Å²) in [6, 6.07) is 28.2. The molecular formula is C22H14ClN3. The molecule has 0 saturated carbocycles. The first-order chi connectivity index (χ1) is 12.8. The first-order valence-corrected chi connectivity index (χ1v) is 8.77. The Morgan fingerprint density at radius 3 is 2.35 bits per heavy atom. The first kappa shape index (κ1) is 15.1. The minimum Gasteiger partial charge on any atom is -0.291 e. The van der Waals surface area contributed by atoms with Gasteiger partial charge >= 0.3 is 0 Å². The van der Waals surface area contributed by atoms with E-state index in [1.54, 1.807) is 0 Å². The fourth-order valence-electron chi connectivity index (χ4n) is 3.25. The van der Waals surface area contributed by atoms with Crippen molar-refractivity contribution in [2.45, 2.75) is 0 Å². The second-order valence-corrected chi connectivity index (χ2v) is 6.57. The summed E-state index contributed by atoms with van der Waals surface area (Å²) in [4.78, 5) is 9.68. The molecule has 26 heavy (non-hydrogen) atoms. The number of benzene rings is 3. The van der Waals surface area contributed by atoms with Crippen molar-refractivity contribution in [1.29, 1.82) is 0 Å². The Hall–Kier alpha value is -3.17. The van der Waals surface area contributed by atoms with Gasteiger partial charge in [-0.3, -0.25) is 4.57 Å². The maximum Gasteiger partial charge on any atom is 0.164 e. The van der Waals surface area contributed by atoms with E-state index in [1.807, 2.05) is 60.7 Å². The Bertz CT molecular complexity index is 1240. The van der Waals surface area contributed by atoms with Gasteiger partial charge in [-0.25, -0.2) is 9.97 Å². The van der Waals surface area contributed by atoms with E-state index in [1.165, 1.54) is 0 Å². The van der Waals surface area contributed by atoms with Gasteiger partial charge in [0, 0.05) is 16.1 Å². The molecule has 3 nitrogen and oxygen atoms in total. The number of pyridine rings is 1. The minimum atomic E-state index is 0.679. The van der Waals surface area contributed by atoms with Gasteiger partial charge < -0.3 is 0 Å². The van der Waals surface area contributed by atoms with E-state index in [0.29, 0.717) is 5.02 Å². The SMILES string of the molecule is Clc1ccc2ccc(-c3nc4ccccc4n3-c3ccccc3)nc2c1. The Balaban J connectivity index is 1.82. The number of para-hydroxylation sites is 3. The van der Waals surface area contributed by atoms with Gasteiger partial charge in [-0.1, -0.05) is 54.1 Å². The van der Waals surface area contributed by atoms with Gasteiger partial charge in [0.05, 0.1) is 16.6 Å². The van der Waals surface area contributed by atoms with Crippen LogP contribution in [-0.4, -0.2) is 14.5 Å². The molecule has 2 heterocycles. The number of nitrogens with zero attached hydrogens (tertiary/aromatic N) is 3. The highest BCUT2D eigenvalue weighted by atomic mass is 35.5. The number of fused-ring (bicyclic) bond motifs is 2. The monoisotopic (exact) mass is 355 g/mol. The van der Waals surface area contributed by atoms with E-state index in [0.717, 1.165) is 39.1 Å². The fourth-order valence-corrected chi connectivity index (χ4v) is 3.42. The van der Waals surface area contributed by atoms with Gasteiger partial charge in [0.15, 0.2) is 5.82 Å². The van der Waals surface area contributed by atoms with E-state index in [-0.39, 0.29) is 0 Å². The third-order valence-electron chi connectivity index (χ3n) is 4.46. The molecule has 0 N–H and O–H groups in total. The van der Waals surface area contributed by atoms with Crippen LogP contribution in [-0.2, 0) is 0 Å². The van der Waals surface area contributed by atoms with Gasteiger partial charge in [-0.15, -0.1) is 0 Å². The van der Waals surface area contributed by atoms with Crippen LogP contribution in [0.5, 0.6) is 0 Å². The van der Waals surface area contributed by atoms with Crippen molar-refractivity contribution in [3.8, 4) is 17.2 Å². The molecule has 5 aromatic rings. The molecule has 3 aromatic carbocycles. The highest BCUT2D eigenvalue weighted by Gasteiger charge is 2.15. The molecule has 0 saturated heterocycles. The number of rotatable bonds is 2. The number of aromatic nitrogens is 3. The molecule has 0 radical (unpaired) electrons. The van der Waals surface area contributed by atoms with Crippen molar-refractivity contribution < 1.29 is 0 Å². The van der Waals surface area contributed by atoms with Gasteiger partial charge in [-0.05, 0) is 42.5 Å². The van der Waals surface area contributed by atoms with Crippen LogP contribution in [0.4, 0.5) is 0 Å². The average Bonchev–Trinajstić information content (AvgIpc) is 3.07. The molecule has 0 aliphatic carbocycles. The molecule has 0 aliphatic heterocycles. The zero-order chi connectivity index (χ0) is 17.5. The van der Waals surface area contributed by atoms with Crippen LogP contribution in [0, 0.1) is 0 Å². The van der Waals surface area contributed by atoms with Crippen LogP contribution >= 0.6 is 11.6 Å². The van der Waals surface area contributed by atoms with Crippen LogP contribution in [0.25, 0.3) is 39.1 Å². The molecule has 0 atom stereocenters. The van der Waals surface area contributed by atoms with Crippen LogP contribution in [0.15, 0.2) is 84.9 Å². The molecule has 4 heteroatoms. The summed E-state index contributed by atoms with van der Waals surface area (Å²) < 4.78 is 2.15. The predicted octanol–water partition coefficient (Wildman–Crippen LogP) is 5.89. The molecular weight excluding hydrogens is 342 g/mol. The lowest BCUT2D eigenvalue weighted by molar-refractivity contribution is 1.09. The summed E-state index contributed by atoms with van der Waals surface area (Å²) >= 11 is 6.15. The summed E-state index contributed by atoms with van der Waals surface area (Å²) in [6.45, 7) is 0. The van der Waals surface area contributed by atoms with Crippen molar-refractivity contribution in [2.24, 2.45) is 0 Å². The number of halogens is 1. The lowest BCUT2D eigenvalue weighted by Crippen LogP contribution is -1.98. The van der Waals surface area contributed by atoms with Crippen molar-refractivity contribution in [2.75, 3.05) is 0 Å². The van der Waals surface area contributed by atoms with Crippen LogP contribution < -0.4 is 0 Å². The highest BCUT2D eigenvalue weighted by molar-refractivity contribution is 6.31. The first-order valence-electron chi connectivity index (χ1n) is 8.39. The van der Waals surface area contributed by atoms with E-state index in [4.69, 9.17) is 21.6 Å². The lowest BCUT2D eigenvalue weighted by atomic mass is 10.2. The summed E-state index contributed by atoms with van der Waals surface area (Å²) in [5, 5.41) is 1.74.